The second-order valence-corrected chi connectivity index (χ2v) is 6.84. The van der Waals surface area contributed by atoms with Crippen LogP contribution in [-0.2, 0) is 5.41 Å². The predicted molar refractivity (Wildman–Crippen MR) is 90.3 cm³/mol. The van der Waals surface area contributed by atoms with Crippen LogP contribution in [0.15, 0.2) is 53.0 Å². The molecule has 0 aliphatic heterocycles. The van der Waals surface area contributed by atoms with Crippen molar-refractivity contribution in [1.82, 2.24) is 0 Å². The Morgan fingerprint density at radius 2 is 1.48 bits per heavy atom. The van der Waals surface area contributed by atoms with Crippen molar-refractivity contribution in [3.05, 3.63) is 58.6 Å². The molecule has 3 heteroatoms. The first-order chi connectivity index (χ1) is 9.95. The van der Waals surface area contributed by atoms with Gasteiger partial charge in [-0.05, 0) is 41.3 Å². The molecule has 0 fully saturated rings. The number of hydrogen-bond acceptors (Lipinski definition) is 2. The van der Waals surface area contributed by atoms with Crippen LogP contribution in [-0.4, -0.2) is 13.2 Å². The van der Waals surface area contributed by atoms with Crippen LogP contribution in [0.4, 0.5) is 0 Å². The van der Waals surface area contributed by atoms with Crippen molar-refractivity contribution >= 4 is 15.9 Å². The van der Waals surface area contributed by atoms with Crippen LogP contribution in [0.1, 0.15) is 26.3 Å². The lowest BCUT2D eigenvalue weighted by atomic mass is 9.87. The maximum atomic E-state index is 5.69. The van der Waals surface area contributed by atoms with Gasteiger partial charge >= 0.3 is 0 Å². The zero-order valence-electron chi connectivity index (χ0n) is 12.7. The van der Waals surface area contributed by atoms with E-state index in [0.29, 0.717) is 13.2 Å². The van der Waals surface area contributed by atoms with E-state index in [1.807, 2.05) is 36.4 Å². The van der Waals surface area contributed by atoms with Crippen LogP contribution in [0.5, 0.6) is 11.5 Å². The van der Waals surface area contributed by atoms with E-state index in [1.54, 1.807) is 0 Å². The van der Waals surface area contributed by atoms with Gasteiger partial charge in [0.25, 0.3) is 0 Å². The van der Waals surface area contributed by atoms with Gasteiger partial charge < -0.3 is 9.47 Å². The molecule has 0 bridgehead atoms. The third-order valence-corrected chi connectivity index (χ3v) is 3.63. The van der Waals surface area contributed by atoms with Gasteiger partial charge in [0.05, 0.1) is 0 Å². The molecule has 0 atom stereocenters. The molecule has 0 aliphatic carbocycles. The van der Waals surface area contributed by atoms with Gasteiger partial charge in [-0.2, -0.15) is 0 Å². The number of ether oxygens (including phenoxy) is 2. The molecule has 0 amide bonds. The lowest BCUT2D eigenvalue weighted by Crippen LogP contribution is -2.11. The zero-order valence-corrected chi connectivity index (χ0v) is 14.3. The maximum Gasteiger partial charge on any atom is 0.122 e. The van der Waals surface area contributed by atoms with Crippen molar-refractivity contribution in [3.8, 4) is 11.5 Å². The van der Waals surface area contributed by atoms with Crippen LogP contribution in [0.3, 0.4) is 0 Å². The summed E-state index contributed by atoms with van der Waals surface area (Å²) in [6.07, 6.45) is 0. The first-order valence-electron chi connectivity index (χ1n) is 7.07. The molecule has 0 unspecified atom stereocenters. The molecule has 21 heavy (non-hydrogen) atoms. The topological polar surface area (TPSA) is 18.5 Å². The second-order valence-electron chi connectivity index (χ2n) is 5.93. The molecule has 0 heterocycles. The van der Waals surface area contributed by atoms with E-state index in [-0.39, 0.29) is 5.41 Å². The van der Waals surface area contributed by atoms with Crippen molar-refractivity contribution in [2.24, 2.45) is 0 Å². The van der Waals surface area contributed by atoms with Gasteiger partial charge in [0.15, 0.2) is 0 Å². The van der Waals surface area contributed by atoms with Gasteiger partial charge in [0, 0.05) is 4.47 Å². The number of benzene rings is 2. The lowest BCUT2D eigenvalue weighted by molar-refractivity contribution is 0.217. The Bertz CT molecular complexity index is 571. The average molecular weight is 349 g/mol. The van der Waals surface area contributed by atoms with Crippen LogP contribution in [0.25, 0.3) is 0 Å². The minimum absolute atomic E-state index is 0.169. The summed E-state index contributed by atoms with van der Waals surface area (Å²) < 4.78 is 12.3. The Kier molecular flexibility index (Phi) is 5.29. The number of hydrogen-bond donors (Lipinski definition) is 0. The van der Waals surface area contributed by atoms with E-state index in [2.05, 4.69) is 48.8 Å². The largest absolute Gasteiger partial charge is 0.490 e. The smallest absolute Gasteiger partial charge is 0.122 e. The summed E-state index contributed by atoms with van der Waals surface area (Å²) in [7, 11) is 0. The Labute approximate surface area is 135 Å². The molecule has 2 aromatic carbocycles. The highest BCUT2D eigenvalue weighted by Crippen LogP contribution is 2.24. The van der Waals surface area contributed by atoms with E-state index in [4.69, 9.17) is 9.47 Å². The molecule has 2 rings (SSSR count). The Hall–Kier alpha value is -1.48. The number of rotatable bonds is 5. The first-order valence-corrected chi connectivity index (χ1v) is 7.86. The summed E-state index contributed by atoms with van der Waals surface area (Å²) in [6, 6.07) is 16.1. The number of halogens is 1. The van der Waals surface area contributed by atoms with Gasteiger partial charge in [-0.15, -0.1) is 0 Å². The third kappa shape index (κ3) is 5.09. The van der Waals surface area contributed by atoms with E-state index in [9.17, 15) is 0 Å². The molecule has 0 radical (unpaired) electrons. The van der Waals surface area contributed by atoms with E-state index in [1.165, 1.54) is 5.56 Å². The molecule has 112 valence electrons. The fourth-order valence-electron chi connectivity index (χ4n) is 1.93. The highest BCUT2D eigenvalue weighted by atomic mass is 79.9. The van der Waals surface area contributed by atoms with Crippen LogP contribution >= 0.6 is 15.9 Å². The lowest BCUT2D eigenvalue weighted by Gasteiger charge is -2.19. The third-order valence-electron chi connectivity index (χ3n) is 3.14. The van der Waals surface area contributed by atoms with E-state index in [0.717, 1.165) is 16.0 Å². The molecule has 0 N–H and O–H groups in total. The second kappa shape index (κ2) is 6.99. The highest BCUT2D eigenvalue weighted by molar-refractivity contribution is 9.10. The van der Waals surface area contributed by atoms with Crippen LogP contribution in [0.2, 0.25) is 0 Å². The SMILES string of the molecule is CC(C)(C)c1ccc(OCCOc2cccc(Br)c2)cc1. The van der Waals surface area contributed by atoms with Crippen molar-refractivity contribution in [2.45, 2.75) is 26.2 Å². The van der Waals surface area contributed by atoms with Gasteiger partial charge in [0.2, 0.25) is 0 Å². The Morgan fingerprint density at radius 1 is 0.857 bits per heavy atom. The van der Waals surface area contributed by atoms with Gasteiger partial charge in [0.1, 0.15) is 24.7 Å². The molecule has 2 nitrogen and oxygen atoms in total. The molecule has 2 aromatic rings. The summed E-state index contributed by atoms with van der Waals surface area (Å²) in [6.45, 7) is 7.66. The molecular formula is C18H21BrO2. The summed E-state index contributed by atoms with van der Waals surface area (Å²) in [5, 5.41) is 0. The molecule has 0 aromatic heterocycles. The highest BCUT2D eigenvalue weighted by Gasteiger charge is 2.12. The molecular weight excluding hydrogens is 328 g/mol. The Balaban J connectivity index is 1.79. The summed E-state index contributed by atoms with van der Waals surface area (Å²) in [4.78, 5) is 0. The molecule has 0 aliphatic rings. The van der Waals surface area contributed by atoms with Crippen LogP contribution < -0.4 is 9.47 Å². The zero-order chi connectivity index (χ0) is 15.3. The predicted octanol–water partition coefficient (Wildman–Crippen LogP) is 5.20. The monoisotopic (exact) mass is 348 g/mol. The van der Waals surface area contributed by atoms with Gasteiger partial charge in [-0.25, -0.2) is 0 Å². The standard InChI is InChI=1S/C18H21BrO2/c1-18(2,3)14-7-9-16(10-8-14)20-11-12-21-17-6-4-5-15(19)13-17/h4-10,13H,11-12H2,1-3H3. The summed E-state index contributed by atoms with van der Waals surface area (Å²) >= 11 is 3.42. The average Bonchev–Trinajstić information content (AvgIpc) is 2.43. The molecule has 0 saturated carbocycles. The van der Waals surface area contributed by atoms with Crippen molar-refractivity contribution in [1.29, 1.82) is 0 Å². The summed E-state index contributed by atoms with van der Waals surface area (Å²) in [5.41, 5.74) is 1.47. The molecule has 0 saturated heterocycles. The minimum Gasteiger partial charge on any atom is -0.490 e. The Morgan fingerprint density at radius 3 is 2.05 bits per heavy atom. The fraction of sp³-hybridized carbons (Fsp3) is 0.333. The summed E-state index contributed by atoms with van der Waals surface area (Å²) in [5.74, 6) is 1.72. The van der Waals surface area contributed by atoms with Gasteiger partial charge in [-0.3, -0.25) is 0 Å². The minimum atomic E-state index is 0.169. The van der Waals surface area contributed by atoms with Crippen molar-refractivity contribution in [3.63, 3.8) is 0 Å². The van der Waals surface area contributed by atoms with E-state index < -0.39 is 0 Å². The van der Waals surface area contributed by atoms with Crippen LogP contribution in [0, 0.1) is 0 Å². The van der Waals surface area contributed by atoms with E-state index >= 15 is 0 Å². The van der Waals surface area contributed by atoms with Gasteiger partial charge in [-0.1, -0.05) is 54.9 Å². The normalized spacial score (nSPS) is 11.2. The first kappa shape index (κ1) is 15.9. The quantitative estimate of drug-likeness (QED) is 0.691. The van der Waals surface area contributed by atoms with Crippen molar-refractivity contribution < 1.29 is 9.47 Å². The maximum absolute atomic E-state index is 5.69. The van der Waals surface area contributed by atoms with Crippen molar-refractivity contribution in [2.75, 3.05) is 13.2 Å². The fourth-order valence-corrected chi connectivity index (χ4v) is 2.31. The molecule has 0 spiro atoms.